The predicted octanol–water partition coefficient (Wildman–Crippen LogP) is 3.07. The van der Waals surface area contributed by atoms with E-state index in [1.165, 1.54) is 7.11 Å². The van der Waals surface area contributed by atoms with Crippen LogP contribution in [0.3, 0.4) is 0 Å². The molecule has 0 spiro atoms. The molecule has 19 heavy (non-hydrogen) atoms. The first-order valence-corrected chi connectivity index (χ1v) is 5.72. The Labute approximate surface area is 111 Å². The van der Waals surface area contributed by atoms with E-state index in [2.05, 4.69) is 0 Å². The van der Waals surface area contributed by atoms with Gasteiger partial charge in [0.1, 0.15) is 17.1 Å². The number of ether oxygens (including phenoxy) is 2. The Kier molecular flexibility index (Phi) is 3.71. The molecular formula is C15H14O4. The Bertz CT molecular complexity index is 605. The molecule has 2 rings (SSSR count). The molecule has 0 aliphatic heterocycles. The molecule has 0 aromatic heterocycles. The minimum absolute atomic E-state index is 0.151. The van der Waals surface area contributed by atoms with E-state index in [1.54, 1.807) is 31.4 Å². The van der Waals surface area contributed by atoms with Gasteiger partial charge in [0.25, 0.3) is 0 Å². The number of aromatic carboxylic acids is 1. The number of carbonyl (C=O) groups is 1. The first kappa shape index (κ1) is 13.0. The van der Waals surface area contributed by atoms with Crippen LogP contribution in [0.25, 0.3) is 11.1 Å². The fourth-order valence-electron chi connectivity index (χ4n) is 1.95. The molecule has 0 saturated heterocycles. The third-order valence-corrected chi connectivity index (χ3v) is 2.84. The zero-order chi connectivity index (χ0) is 13.8. The topological polar surface area (TPSA) is 55.8 Å². The summed E-state index contributed by atoms with van der Waals surface area (Å²) in [6.07, 6.45) is 0. The smallest absolute Gasteiger partial charge is 0.340 e. The van der Waals surface area contributed by atoms with Crippen molar-refractivity contribution in [3.05, 3.63) is 48.0 Å². The van der Waals surface area contributed by atoms with Crippen molar-refractivity contribution in [3.8, 4) is 22.6 Å². The average molecular weight is 258 g/mol. The van der Waals surface area contributed by atoms with Crippen LogP contribution >= 0.6 is 0 Å². The van der Waals surface area contributed by atoms with Crippen LogP contribution in [0.15, 0.2) is 42.5 Å². The number of methoxy groups -OCH3 is 2. The maximum absolute atomic E-state index is 11.4. The van der Waals surface area contributed by atoms with E-state index in [9.17, 15) is 9.90 Å². The SMILES string of the molecule is COc1cccc(-c2cccc(OC)c2C(=O)O)c1. The van der Waals surface area contributed by atoms with Crippen LogP contribution in [0, 0.1) is 0 Å². The van der Waals surface area contributed by atoms with E-state index in [4.69, 9.17) is 9.47 Å². The van der Waals surface area contributed by atoms with E-state index in [-0.39, 0.29) is 5.56 Å². The second-order valence-electron chi connectivity index (χ2n) is 3.92. The Balaban J connectivity index is 2.64. The zero-order valence-electron chi connectivity index (χ0n) is 10.7. The van der Waals surface area contributed by atoms with Gasteiger partial charge in [-0.05, 0) is 23.8 Å². The predicted molar refractivity (Wildman–Crippen MR) is 71.9 cm³/mol. The average Bonchev–Trinajstić information content (AvgIpc) is 2.46. The number of carboxylic acids is 1. The lowest BCUT2D eigenvalue weighted by atomic mass is 9.98. The standard InChI is InChI=1S/C15H14O4/c1-18-11-6-3-5-10(9-11)12-7-4-8-13(19-2)14(12)15(16)17/h3-9H,1-2H3,(H,16,17). The first-order valence-electron chi connectivity index (χ1n) is 5.72. The van der Waals surface area contributed by atoms with Crippen molar-refractivity contribution in [1.29, 1.82) is 0 Å². The van der Waals surface area contributed by atoms with Gasteiger partial charge in [0.15, 0.2) is 0 Å². The normalized spacial score (nSPS) is 10.0. The van der Waals surface area contributed by atoms with Gasteiger partial charge in [-0.2, -0.15) is 0 Å². The molecule has 0 atom stereocenters. The summed E-state index contributed by atoms with van der Waals surface area (Å²) < 4.78 is 10.3. The lowest BCUT2D eigenvalue weighted by Gasteiger charge is -2.11. The van der Waals surface area contributed by atoms with Crippen LogP contribution in [-0.2, 0) is 0 Å². The van der Waals surface area contributed by atoms with E-state index in [0.29, 0.717) is 17.1 Å². The Morgan fingerprint density at radius 3 is 2.42 bits per heavy atom. The molecule has 1 N–H and O–H groups in total. The van der Waals surface area contributed by atoms with Crippen molar-refractivity contribution in [1.82, 2.24) is 0 Å². The molecule has 4 nitrogen and oxygen atoms in total. The van der Waals surface area contributed by atoms with Gasteiger partial charge in [0.2, 0.25) is 0 Å². The van der Waals surface area contributed by atoms with Crippen LogP contribution in [-0.4, -0.2) is 25.3 Å². The molecular weight excluding hydrogens is 244 g/mol. The molecule has 98 valence electrons. The summed E-state index contributed by atoms with van der Waals surface area (Å²) in [5.74, 6) is -0.000233. The zero-order valence-corrected chi connectivity index (χ0v) is 10.7. The first-order chi connectivity index (χ1) is 9.17. The third kappa shape index (κ3) is 2.52. The third-order valence-electron chi connectivity index (χ3n) is 2.84. The molecule has 0 bridgehead atoms. The van der Waals surface area contributed by atoms with E-state index < -0.39 is 5.97 Å². The summed E-state index contributed by atoms with van der Waals surface area (Å²) in [4.78, 5) is 11.4. The second kappa shape index (κ2) is 5.44. The Hall–Kier alpha value is -2.49. The van der Waals surface area contributed by atoms with Gasteiger partial charge in [-0.15, -0.1) is 0 Å². The highest BCUT2D eigenvalue weighted by molar-refractivity contribution is 5.99. The van der Waals surface area contributed by atoms with Crippen molar-refractivity contribution >= 4 is 5.97 Å². The number of benzene rings is 2. The molecule has 2 aromatic carbocycles. The molecule has 0 heterocycles. The highest BCUT2D eigenvalue weighted by Crippen LogP contribution is 2.32. The minimum atomic E-state index is -1.02. The maximum Gasteiger partial charge on any atom is 0.340 e. The second-order valence-corrected chi connectivity index (χ2v) is 3.92. The molecule has 0 unspecified atom stereocenters. The molecule has 0 radical (unpaired) electrons. The van der Waals surface area contributed by atoms with Crippen LogP contribution in [0.4, 0.5) is 0 Å². The molecule has 0 aliphatic rings. The Morgan fingerprint density at radius 2 is 1.79 bits per heavy atom. The summed E-state index contributed by atoms with van der Waals surface area (Å²) in [5, 5.41) is 9.35. The lowest BCUT2D eigenvalue weighted by molar-refractivity contribution is 0.0694. The van der Waals surface area contributed by atoms with E-state index in [1.807, 2.05) is 18.2 Å². The molecule has 0 aliphatic carbocycles. The maximum atomic E-state index is 11.4. The quantitative estimate of drug-likeness (QED) is 0.915. The molecule has 2 aromatic rings. The van der Waals surface area contributed by atoms with Crippen molar-refractivity contribution in [2.45, 2.75) is 0 Å². The van der Waals surface area contributed by atoms with Gasteiger partial charge in [0, 0.05) is 5.56 Å². The summed E-state index contributed by atoms with van der Waals surface area (Å²) in [7, 11) is 3.03. The van der Waals surface area contributed by atoms with Gasteiger partial charge in [-0.1, -0.05) is 24.3 Å². The Morgan fingerprint density at radius 1 is 1.05 bits per heavy atom. The van der Waals surface area contributed by atoms with Gasteiger partial charge < -0.3 is 14.6 Å². The fourth-order valence-corrected chi connectivity index (χ4v) is 1.95. The summed E-state index contributed by atoms with van der Waals surface area (Å²) in [6.45, 7) is 0. The van der Waals surface area contributed by atoms with Crippen LogP contribution in [0.1, 0.15) is 10.4 Å². The van der Waals surface area contributed by atoms with E-state index in [0.717, 1.165) is 5.56 Å². The number of hydrogen-bond donors (Lipinski definition) is 1. The van der Waals surface area contributed by atoms with Crippen molar-refractivity contribution in [2.75, 3.05) is 14.2 Å². The molecule has 0 fully saturated rings. The highest BCUT2D eigenvalue weighted by Gasteiger charge is 2.17. The number of hydrogen-bond acceptors (Lipinski definition) is 3. The fraction of sp³-hybridized carbons (Fsp3) is 0.133. The molecule has 0 saturated carbocycles. The van der Waals surface area contributed by atoms with Gasteiger partial charge >= 0.3 is 5.97 Å². The van der Waals surface area contributed by atoms with Crippen LogP contribution < -0.4 is 9.47 Å². The summed E-state index contributed by atoms with van der Waals surface area (Å²) >= 11 is 0. The number of rotatable bonds is 4. The summed E-state index contributed by atoms with van der Waals surface area (Å²) in [5.41, 5.74) is 1.53. The van der Waals surface area contributed by atoms with Gasteiger partial charge in [-0.3, -0.25) is 0 Å². The van der Waals surface area contributed by atoms with Crippen molar-refractivity contribution in [3.63, 3.8) is 0 Å². The monoisotopic (exact) mass is 258 g/mol. The number of carboxylic acid groups (broad SMARTS) is 1. The molecule has 0 amide bonds. The minimum Gasteiger partial charge on any atom is -0.497 e. The van der Waals surface area contributed by atoms with Crippen LogP contribution in [0.5, 0.6) is 11.5 Å². The van der Waals surface area contributed by atoms with Crippen molar-refractivity contribution < 1.29 is 19.4 Å². The lowest BCUT2D eigenvalue weighted by Crippen LogP contribution is -2.03. The van der Waals surface area contributed by atoms with Crippen molar-refractivity contribution in [2.24, 2.45) is 0 Å². The van der Waals surface area contributed by atoms with Crippen LogP contribution in [0.2, 0.25) is 0 Å². The van der Waals surface area contributed by atoms with Gasteiger partial charge in [0.05, 0.1) is 14.2 Å². The van der Waals surface area contributed by atoms with E-state index >= 15 is 0 Å². The summed E-state index contributed by atoms with van der Waals surface area (Å²) in [6, 6.07) is 12.4. The highest BCUT2D eigenvalue weighted by atomic mass is 16.5. The molecule has 4 heteroatoms. The largest absolute Gasteiger partial charge is 0.497 e. The van der Waals surface area contributed by atoms with Gasteiger partial charge in [-0.25, -0.2) is 4.79 Å².